The van der Waals surface area contributed by atoms with Gasteiger partial charge in [-0.3, -0.25) is 9.59 Å². The minimum Gasteiger partial charge on any atom is -0.496 e. The molecule has 33 heavy (non-hydrogen) atoms. The van der Waals surface area contributed by atoms with E-state index < -0.39 is 5.97 Å². The van der Waals surface area contributed by atoms with Gasteiger partial charge in [-0.05, 0) is 31.1 Å². The summed E-state index contributed by atoms with van der Waals surface area (Å²) in [5.41, 5.74) is 1.23. The van der Waals surface area contributed by atoms with Gasteiger partial charge >= 0.3 is 5.97 Å². The van der Waals surface area contributed by atoms with E-state index in [1.54, 1.807) is 6.07 Å². The number of oxime groups is 1. The summed E-state index contributed by atoms with van der Waals surface area (Å²) in [6, 6.07) is 1.61. The largest absolute Gasteiger partial charge is 0.496 e. The van der Waals surface area contributed by atoms with Crippen LogP contribution in [0.3, 0.4) is 0 Å². The fourth-order valence-corrected chi connectivity index (χ4v) is 3.87. The molecule has 0 atom stereocenters. The van der Waals surface area contributed by atoms with Crippen LogP contribution >= 0.6 is 0 Å². The summed E-state index contributed by atoms with van der Waals surface area (Å²) in [5.74, 6) is -0.601. The number of allylic oxidation sites excluding steroid dienone is 2. The lowest BCUT2D eigenvalue weighted by atomic mass is 9.89. The predicted octanol–water partition coefficient (Wildman–Crippen LogP) is 5.83. The van der Waals surface area contributed by atoms with Crippen molar-refractivity contribution in [1.82, 2.24) is 0 Å². The van der Waals surface area contributed by atoms with E-state index in [4.69, 9.17) is 14.3 Å². The summed E-state index contributed by atoms with van der Waals surface area (Å²) in [6.07, 6.45) is 11.7. The third-order valence-electron chi connectivity index (χ3n) is 5.59. The molecule has 1 aromatic rings. The van der Waals surface area contributed by atoms with Crippen LogP contribution in [0.25, 0.3) is 0 Å². The molecule has 0 amide bonds. The fraction of sp³-hybridized carbons (Fsp3) is 0.538. The minimum absolute atomic E-state index is 0.137. The number of ketones is 2. The van der Waals surface area contributed by atoms with Crippen LogP contribution in [0, 0.1) is 0 Å². The molecule has 0 radical (unpaired) electrons. The van der Waals surface area contributed by atoms with Gasteiger partial charge in [-0.1, -0.05) is 63.9 Å². The third kappa shape index (κ3) is 7.01. The molecule has 180 valence electrons. The van der Waals surface area contributed by atoms with Gasteiger partial charge in [0.05, 0.1) is 31.1 Å². The van der Waals surface area contributed by atoms with E-state index in [2.05, 4.69) is 12.1 Å². The van der Waals surface area contributed by atoms with Gasteiger partial charge in [0.15, 0.2) is 11.6 Å². The molecular weight excluding hydrogens is 422 g/mol. The van der Waals surface area contributed by atoms with Gasteiger partial charge in [-0.15, -0.1) is 0 Å². The number of nitrogens with zero attached hydrogens (tertiary/aromatic N) is 1. The Labute approximate surface area is 196 Å². The molecule has 0 saturated carbocycles. The number of fused-ring (bicyclic) bond motifs is 1. The van der Waals surface area contributed by atoms with Crippen molar-refractivity contribution in [2.45, 2.75) is 78.1 Å². The van der Waals surface area contributed by atoms with Crippen molar-refractivity contribution in [1.29, 1.82) is 0 Å². The molecule has 0 fully saturated rings. The van der Waals surface area contributed by atoms with Gasteiger partial charge in [-0.2, -0.15) is 0 Å². The highest BCUT2D eigenvalue weighted by Crippen LogP contribution is 2.38. The van der Waals surface area contributed by atoms with Crippen molar-refractivity contribution in [2.75, 3.05) is 14.2 Å². The standard InChI is InChI=1S/C26H35NO6/c1-5-7-8-9-10-11-12-14-23(30)33-27-19(13-6-2)18-17-22(31-3)24-20(28)15-16-21(29)25(24)26(18)32-4/h15-17H,5-14H2,1-4H3. The highest BCUT2D eigenvalue weighted by molar-refractivity contribution is 6.25. The van der Waals surface area contributed by atoms with E-state index in [1.807, 2.05) is 6.92 Å². The Hall–Kier alpha value is -2.96. The molecule has 0 saturated heterocycles. The van der Waals surface area contributed by atoms with Crippen LogP contribution in [-0.4, -0.2) is 37.5 Å². The Morgan fingerprint density at radius 1 is 0.818 bits per heavy atom. The van der Waals surface area contributed by atoms with E-state index in [1.165, 1.54) is 52.1 Å². The van der Waals surface area contributed by atoms with Crippen molar-refractivity contribution in [3.05, 3.63) is 34.9 Å². The van der Waals surface area contributed by atoms with E-state index >= 15 is 0 Å². The predicted molar refractivity (Wildman–Crippen MR) is 127 cm³/mol. The summed E-state index contributed by atoms with van der Waals surface area (Å²) in [5, 5.41) is 4.12. The van der Waals surface area contributed by atoms with Crippen molar-refractivity contribution >= 4 is 23.2 Å². The van der Waals surface area contributed by atoms with Gasteiger partial charge in [0.1, 0.15) is 11.5 Å². The second kappa shape index (κ2) is 13.6. The Bertz CT molecular complexity index is 916. The normalized spacial score (nSPS) is 13.2. The zero-order valence-corrected chi connectivity index (χ0v) is 20.2. The van der Waals surface area contributed by atoms with Crippen LogP contribution in [0.2, 0.25) is 0 Å². The molecule has 0 unspecified atom stereocenters. The molecule has 7 nitrogen and oxygen atoms in total. The van der Waals surface area contributed by atoms with Crippen molar-refractivity contribution in [2.24, 2.45) is 5.16 Å². The summed E-state index contributed by atoms with van der Waals surface area (Å²) >= 11 is 0. The molecule has 0 bridgehead atoms. The number of hydrogen-bond donors (Lipinski definition) is 0. The lowest BCUT2D eigenvalue weighted by molar-refractivity contribution is -0.143. The molecule has 0 N–H and O–H groups in total. The molecule has 0 aliphatic heterocycles. The molecule has 2 rings (SSSR count). The van der Waals surface area contributed by atoms with Crippen LogP contribution in [0.15, 0.2) is 23.4 Å². The average molecular weight is 458 g/mol. The molecule has 0 spiro atoms. The van der Waals surface area contributed by atoms with Gasteiger partial charge in [0.25, 0.3) is 0 Å². The second-order valence-corrected chi connectivity index (χ2v) is 8.09. The van der Waals surface area contributed by atoms with Gasteiger partial charge in [0, 0.05) is 12.0 Å². The van der Waals surface area contributed by atoms with E-state index in [9.17, 15) is 14.4 Å². The highest BCUT2D eigenvalue weighted by atomic mass is 16.7. The number of hydrogen-bond acceptors (Lipinski definition) is 7. The van der Waals surface area contributed by atoms with E-state index in [0.29, 0.717) is 24.1 Å². The van der Waals surface area contributed by atoms with Crippen molar-refractivity contribution < 1.29 is 28.7 Å². The molecule has 0 heterocycles. The smallest absolute Gasteiger partial charge is 0.335 e. The Morgan fingerprint density at radius 3 is 2.06 bits per heavy atom. The molecule has 0 aromatic heterocycles. The van der Waals surface area contributed by atoms with Crippen LogP contribution in [0.1, 0.15) is 104 Å². The SMILES string of the molecule is CCCCCCCCCC(=O)ON=C(CCC)c1cc(OC)c2c(c1OC)C(=O)C=CC2=O. The maximum Gasteiger partial charge on any atom is 0.335 e. The maximum absolute atomic E-state index is 12.6. The van der Waals surface area contributed by atoms with Gasteiger partial charge in [0.2, 0.25) is 0 Å². The number of ether oxygens (including phenoxy) is 2. The van der Waals surface area contributed by atoms with Crippen molar-refractivity contribution in [3.63, 3.8) is 0 Å². The van der Waals surface area contributed by atoms with Crippen LogP contribution in [0.4, 0.5) is 0 Å². The quantitative estimate of drug-likeness (QED) is 0.151. The first-order valence-corrected chi connectivity index (χ1v) is 11.8. The number of methoxy groups -OCH3 is 2. The van der Waals surface area contributed by atoms with Gasteiger partial charge < -0.3 is 14.3 Å². The van der Waals surface area contributed by atoms with E-state index in [-0.39, 0.29) is 34.2 Å². The first-order chi connectivity index (χ1) is 16.0. The molecular formula is C26H35NO6. The van der Waals surface area contributed by atoms with Crippen LogP contribution < -0.4 is 9.47 Å². The maximum atomic E-state index is 12.6. The second-order valence-electron chi connectivity index (χ2n) is 8.09. The number of unbranched alkanes of at least 4 members (excludes halogenated alkanes) is 6. The third-order valence-corrected chi connectivity index (χ3v) is 5.59. The minimum atomic E-state index is -0.393. The average Bonchev–Trinajstić information content (AvgIpc) is 2.82. The molecule has 1 aromatic carbocycles. The summed E-state index contributed by atoms with van der Waals surface area (Å²) in [6.45, 7) is 4.16. The zero-order valence-electron chi connectivity index (χ0n) is 20.2. The number of carbonyl (C=O) groups is 3. The van der Waals surface area contributed by atoms with E-state index in [0.717, 1.165) is 25.7 Å². The Kier molecular flexibility index (Phi) is 10.8. The zero-order chi connectivity index (χ0) is 24.2. The lowest BCUT2D eigenvalue weighted by Gasteiger charge is -2.20. The number of rotatable bonds is 14. The molecule has 1 aliphatic carbocycles. The Balaban J connectivity index is 2.20. The fourth-order valence-electron chi connectivity index (χ4n) is 3.87. The summed E-state index contributed by atoms with van der Waals surface area (Å²) in [7, 11) is 2.86. The Morgan fingerprint density at radius 2 is 1.45 bits per heavy atom. The summed E-state index contributed by atoms with van der Waals surface area (Å²) in [4.78, 5) is 42.5. The summed E-state index contributed by atoms with van der Waals surface area (Å²) < 4.78 is 10.9. The van der Waals surface area contributed by atoms with Crippen molar-refractivity contribution in [3.8, 4) is 11.5 Å². The molecule has 7 heteroatoms. The van der Waals surface area contributed by atoms with Crippen LogP contribution in [0.5, 0.6) is 11.5 Å². The number of benzene rings is 1. The van der Waals surface area contributed by atoms with Crippen LogP contribution in [-0.2, 0) is 9.63 Å². The first kappa shape index (κ1) is 26.3. The monoisotopic (exact) mass is 457 g/mol. The molecule has 1 aliphatic rings. The topological polar surface area (TPSA) is 91.3 Å². The number of carbonyl (C=O) groups excluding carboxylic acids is 3. The lowest BCUT2D eigenvalue weighted by Crippen LogP contribution is -2.18. The highest BCUT2D eigenvalue weighted by Gasteiger charge is 2.31. The first-order valence-electron chi connectivity index (χ1n) is 11.8. The van der Waals surface area contributed by atoms with Gasteiger partial charge in [-0.25, -0.2) is 4.79 Å².